The van der Waals surface area contributed by atoms with Crippen LogP contribution in [0.5, 0.6) is 5.75 Å². The van der Waals surface area contributed by atoms with E-state index in [0.29, 0.717) is 12.4 Å². The van der Waals surface area contributed by atoms with Gasteiger partial charge in [-0.25, -0.2) is 0 Å². The predicted octanol–water partition coefficient (Wildman–Crippen LogP) is 1.89. The number of aromatic hydroxyl groups is 1. The molecule has 0 radical (unpaired) electrons. The van der Waals surface area contributed by atoms with Gasteiger partial charge in [0.15, 0.2) is 0 Å². The van der Waals surface area contributed by atoms with E-state index < -0.39 is 0 Å². The molecule has 0 aliphatic carbocycles. The maximum Gasteiger partial charge on any atom is 0.115 e. The first kappa shape index (κ1) is 10.1. The van der Waals surface area contributed by atoms with Crippen molar-refractivity contribution in [2.45, 2.75) is 31.5 Å². The number of phenols is 1. The lowest BCUT2D eigenvalue weighted by Crippen LogP contribution is -2.26. The fourth-order valence-electron chi connectivity index (χ4n) is 2.89. The van der Waals surface area contributed by atoms with Crippen molar-refractivity contribution in [3.05, 3.63) is 29.3 Å². The number of benzene rings is 1. The molecule has 2 aliphatic rings. The van der Waals surface area contributed by atoms with E-state index in [1.54, 1.807) is 6.07 Å². The number of hydrogen-bond acceptors (Lipinski definition) is 3. The van der Waals surface area contributed by atoms with Gasteiger partial charge >= 0.3 is 0 Å². The number of nitrogens with one attached hydrogen (secondary N) is 1. The van der Waals surface area contributed by atoms with E-state index in [1.165, 1.54) is 5.56 Å². The molecule has 16 heavy (non-hydrogen) atoms. The Morgan fingerprint density at radius 3 is 3.12 bits per heavy atom. The predicted molar refractivity (Wildman–Crippen MR) is 61.3 cm³/mol. The summed E-state index contributed by atoms with van der Waals surface area (Å²) in [5, 5.41) is 12.9. The molecule has 2 heterocycles. The minimum absolute atomic E-state index is 0.0907. The maximum absolute atomic E-state index is 9.47. The van der Waals surface area contributed by atoms with E-state index in [9.17, 15) is 5.11 Å². The zero-order valence-corrected chi connectivity index (χ0v) is 9.33. The lowest BCUT2D eigenvalue weighted by Gasteiger charge is -2.27. The summed E-state index contributed by atoms with van der Waals surface area (Å²) in [4.78, 5) is 0. The normalized spacial score (nSPS) is 29.0. The molecular formula is C13H17NO2. The number of ether oxygens (including phenoxy) is 1. The van der Waals surface area contributed by atoms with E-state index in [1.807, 2.05) is 12.1 Å². The maximum atomic E-state index is 9.47. The average Bonchev–Trinajstić information content (AvgIpc) is 2.48. The topological polar surface area (TPSA) is 41.5 Å². The summed E-state index contributed by atoms with van der Waals surface area (Å²) in [5.41, 5.74) is 2.35. The highest BCUT2D eigenvalue weighted by atomic mass is 16.5. The molecule has 1 aromatic carbocycles. The van der Waals surface area contributed by atoms with E-state index in [0.717, 1.165) is 37.9 Å². The largest absolute Gasteiger partial charge is 0.508 e. The Hall–Kier alpha value is -1.06. The van der Waals surface area contributed by atoms with Gasteiger partial charge in [0.1, 0.15) is 5.75 Å². The lowest BCUT2D eigenvalue weighted by molar-refractivity contribution is -0.0469. The first-order chi connectivity index (χ1) is 7.80. The van der Waals surface area contributed by atoms with Gasteiger partial charge in [-0.2, -0.15) is 0 Å². The molecule has 1 aromatic rings. The minimum atomic E-state index is -0.0907. The second-order valence-electron chi connectivity index (χ2n) is 4.73. The van der Waals surface area contributed by atoms with Crippen LogP contribution >= 0.6 is 0 Å². The third kappa shape index (κ3) is 1.51. The summed E-state index contributed by atoms with van der Waals surface area (Å²) in [7, 11) is 0. The molecule has 1 saturated heterocycles. The third-order valence-corrected chi connectivity index (χ3v) is 3.72. The highest BCUT2D eigenvalue weighted by molar-refractivity contribution is 5.40. The Kier molecular flexibility index (Phi) is 2.37. The van der Waals surface area contributed by atoms with Crippen molar-refractivity contribution in [2.75, 3.05) is 13.1 Å². The van der Waals surface area contributed by atoms with Crippen LogP contribution in [-0.2, 0) is 16.9 Å². The van der Waals surface area contributed by atoms with Gasteiger partial charge in [-0.1, -0.05) is 6.07 Å². The van der Waals surface area contributed by atoms with Crippen LogP contribution in [0.15, 0.2) is 18.2 Å². The molecular weight excluding hydrogens is 202 g/mol. The first-order valence-electron chi connectivity index (χ1n) is 5.97. The van der Waals surface area contributed by atoms with Crippen molar-refractivity contribution in [3.63, 3.8) is 0 Å². The molecule has 0 aromatic heterocycles. The van der Waals surface area contributed by atoms with Gasteiger partial charge in [0, 0.05) is 0 Å². The van der Waals surface area contributed by atoms with Crippen molar-refractivity contribution >= 4 is 0 Å². The molecule has 3 heteroatoms. The van der Waals surface area contributed by atoms with Crippen LogP contribution in [0.1, 0.15) is 30.4 Å². The number of fused-ring (bicyclic) bond motifs is 2. The highest BCUT2D eigenvalue weighted by Crippen LogP contribution is 2.44. The van der Waals surface area contributed by atoms with Crippen LogP contribution in [0, 0.1) is 0 Å². The van der Waals surface area contributed by atoms with Gasteiger partial charge in [0.25, 0.3) is 0 Å². The van der Waals surface area contributed by atoms with Gasteiger partial charge in [-0.3, -0.25) is 0 Å². The van der Waals surface area contributed by atoms with Crippen molar-refractivity contribution in [1.82, 2.24) is 5.32 Å². The SMILES string of the molecule is Oc1ccc2c(c1)COC21CCCNCC1. The van der Waals surface area contributed by atoms with Crippen LogP contribution in [0.4, 0.5) is 0 Å². The summed E-state index contributed by atoms with van der Waals surface area (Å²) in [6.45, 7) is 2.74. The third-order valence-electron chi connectivity index (χ3n) is 3.72. The van der Waals surface area contributed by atoms with Crippen LogP contribution in [0.3, 0.4) is 0 Å². The summed E-state index contributed by atoms with van der Waals surface area (Å²) in [6.07, 6.45) is 3.27. The lowest BCUT2D eigenvalue weighted by atomic mass is 9.86. The smallest absolute Gasteiger partial charge is 0.115 e. The molecule has 0 amide bonds. The standard InChI is InChI=1S/C13H17NO2/c15-11-2-3-12-10(8-11)9-16-13(12)4-1-6-14-7-5-13/h2-3,8,14-15H,1,4-7,9H2. The quantitative estimate of drug-likeness (QED) is 0.700. The molecule has 1 unspecified atom stereocenters. The molecule has 2 aliphatic heterocycles. The van der Waals surface area contributed by atoms with Crippen LogP contribution in [-0.4, -0.2) is 18.2 Å². The van der Waals surface area contributed by atoms with Gasteiger partial charge in [0.05, 0.1) is 12.2 Å². The molecule has 2 N–H and O–H groups in total. The molecule has 1 spiro atoms. The second-order valence-corrected chi connectivity index (χ2v) is 4.73. The van der Waals surface area contributed by atoms with E-state index in [-0.39, 0.29) is 5.60 Å². The Balaban J connectivity index is 2.00. The summed E-state index contributed by atoms with van der Waals surface area (Å²) in [5.74, 6) is 0.339. The van der Waals surface area contributed by atoms with Gasteiger partial charge in [-0.15, -0.1) is 0 Å². The summed E-state index contributed by atoms with van der Waals surface area (Å²) < 4.78 is 6.04. The monoisotopic (exact) mass is 219 g/mol. The molecule has 86 valence electrons. The van der Waals surface area contributed by atoms with E-state index >= 15 is 0 Å². The molecule has 0 saturated carbocycles. The fourth-order valence-corrected chi connectivity index (χ4v) is 2.89. The van der Waals surface area contributed by atoms with Gasteiger partial charge in [-0.05, 0) is 55.6 Å². The minimum Gasteiger partial charge on any atom is -0.508 e. The van der Waals surface area contributed by atoms with E-state index in [4.69, 9.17) is 4.74 Å². The van der Waals surface area contributed by atoms with Crippen molar-refractivity contribution in [3.8, 4) is 5.75 Å². The van der Waals surface area contributed by atoms with Crippen LogP contribution in [0.2, 0.25) is 0 Å². The van der Waals surface area contributed by atoms with Gasteiger partial charge < -0.3 is 15.2 Å². The van der Waals surface area contributed by atoms with Crippen LogP contribution < -0.4 is 5.32 Å². The summed E-state index contributed by atoms with van der Waals surface area (Å²) >= 11 is 0. The van der Waals surface area contributed by atoms with Crippen molar-refractivity contribution in [1.29, 1.82) is 0 Å². The first-order valence-corrected chi connectivity index (χ1v) is 5.97. The molecule has 1 fully saturated rings. The number of rotatable bonds is 0. The molecule has 3 rings (SSSR count). The second kappa shape index (κ2) is 3.75. The average molecular weight is 219 g/mol. The highest BCUT2D eigenvalue weighted by Gasteiger charge is 2.39. The Bertz CT molecular complexity index is 395. The van der Waals surface area contributed by atoms with Crippen LogP contribution in [0.25, 0.3) is 0 Å². The molecule has 0 bridgehead atoms. The fraction of sp³-hybridized carbons (Fsp3) is 0.538. The number of hydrogen-bond donors (Lipinski definition) is 2. The molecule has 3 nitrogen and oxygen atoms in total. The Morgan fingerprint density at radius 1 is 1.25 bits per heavy atom. The zero-order valence-electron chi connectivity index (χ0n) is 9.33. The van der Waals surface area contributed by atoms with E-state index in [2.05, 4.69) is 5.32 Å². The van der Waals surface area contributed by atoms with Crippen molar-refractivity contribution < 1.29 is 9.84 Å². The number of phenolic OH excluding ortho intramolecular Hbond substituents is 1. The Labute approximate surface area is 95.4 Å². The summed E-state index contributed by atoms with van der Waals surface area (Å²) in [6, 6.07) is 5.64. The zero-order chi connectivity index (χ0) is 11.0. The van der Waals surface area contributed by atoms with Crippen molar-refractivity contribution in [2.24, 2.45) is 0 Å². The molecule has 1 atom stereocenters. The van der Waals surface area contributed by atoms with Gasteiger partial charge in [0.2, 0.25) is 0 Å². The Morgan fingerprint density at radius 2 is 2.19 bits per heavy atom.